The van der Waals surface area contributed by atoms with E-state index < -0.39 is 125 Å². The van der Waals surface area contributed by atoms with Crippen LogP contribution in [0.4, 0.5) is 0 Å². The lowest BCUT2D eigenvalue weighted by Crippen LogP contribution is -2.61. The second-order valence-corrected chi connectivity index (χ2v) is 23.1. The Balaban J connectivity index is 1.52. The molecule has 26 heteroatoms. The number of aromatic hydroxyl groups is 1. The maximum Gasteiger partial charge on any atom is 0.246 e. The van der Waals surface area contributed by atoms with Crippen molar-refractivity contribution >= 4 is 86.6 Å². The molecule has 2 aliphatic heterocycles. The first kappa shape index (κ1) is 61.8. The number of nitrogens with two attached hydrogens (primary N) is 4. The summed E-state index contributed by atoms with van der Waals surface area (Å²) in [4.78, 5) is 146. The normalized spacial score (nSPS) is 23.2. The third-order valence-electron chi connectivity index (χ3n) is 13.8. The molecule has 3 aliphatic rings. The van der Waals surface area contributed by atoms with E-state index in [2.05, 4.69) is 36.9 Å². The van der Waals surface area contributed by atoms with E-state index in [1.807, 2.05) is 0 Å². The van der Waals surface area contributed by atoms with E-state index in [-0.39, 0.29) is 69.2 Å². The number of hydrogen-bond acceptors (Lipinski definition) is 14. The number of nitrogens with zero attached hydrogens (tertiary/aromatic N) is 3. The highest BCUT2D eigenvalue weighted by Gasteiger charge is 2.43. The Morgan fingerprint density at radius 3 is 2.15 bits per heavy atom. The molecule has 1 spiro atoms. The van der Waals surface area contributed by atoms with E-state index >= 15 is 4.79 Å². The van der Waals surface area contributed by atoms with Crippen molar-refractivity contribution in [2.24, 2.45) is 33.8 Å². The molecule has 2 aromatic rings. The van der Waals surface area contributed by atoms with Crippen LogP contribution < -0.4 is 54.8 Å². The van der Waals surface area contributed by atoms with Crippen molar-refractivity contribution in [3.05, 3.63) is 65.7 Å². The summed E-state index contributed by atoms with van der Waals surface area (Å²) < 4.78 is -0.732. The zero-order valence-electron chi connectivity index (χ0n) is 44.3. The molecule has 5 rings (SSSR count). The summed E-state index contributed by atoms with van der Waals surface area (Å²) in [6.45, 7) is 4.39. The smallest absolute Gasteiger partial charge is 0.246 e. The van der Waals surface area contributed by atoms with E-state index in [0.717, 1.165) is 19.3 Å². The summed E-state index contributed by atoms with van der Waals surface area (Å²) in [5, 5.41) is 26.2. The molecule has 0 bridgehead atoms. The molecule has 426 valence electrons. The fourth-order valence-corrected chi connectivity index (χ4v) is 13.0. The van der Waals surface area contributed by atoms with Crippen LogP contribution in [0.3, 0.4) is 0 Å². The molecule has 0 radical (unpaired) electrons. The zero-order valence-corrected chi connectivity index (χ0v) is 46.0. The van der Waals surface area contributed by atoms with Crippen molar-refractivity contribution < 1.29 is 53.1 Å². The maximum absolute atomic E-state index is 15.1. The number of phenols is 1. The van der Waals surface area contributed by atoms with Gasteiger partial charge in [0.2, 0.25) is 59.1 Å². The number of aliphatic imine (C=N–C) groups is 1. The van der Waals surface area contributed by atoms with Crippen molar-refractivity contribution in [2.75, 3.05) is 25.4 Å². The van der Waals surface area contributed by atoms with E-state index in [4.69, 9.17) is 22.9 Å². The Bertz CT molecular complexity index is 2490. The van der Waals surface area contributed by atoms with Crippen LogP contribution in [0.1, 0.15) is 103 Å². The third-order valence-corrected chi connectivity index (χ3v) is 17.1. The van der Waals surface area contributed by atoms with Crippen LogP contribution in [0.15, 0.2) is 59.6 Å². The lowest BCUT2D eigenvalue weighted by molar-refractivity contribution is -0.144. The molecule has 24 nitrogen and oxygen atoms in total. The van der Waals surface area contributed by atoms with Gasteiger partial charge in [0.25, 0.3) is 0 Å². The predicted molar refractivity (Wildman–Crippen MR) is 294 cm³/mol. The number of hydrogen-bond donors (Lipinski definition) is 11. The number of nitrogens with one attached hydrogen (secondary N) is 6. The van der Waals surface area contributed by atoms with Crippen LogP contribution in [0.5, 0.6) is 5.75 Å². The molecule has 78 heavy (non-hydrogen) atoms. The molecule has 10 amide bonds. The van der Waals surface area contributed by atoms with Gasteiger partial charge in [0, 0.05) is 43.0 Å². The number of guanidine groups is 1. The molecular formula is C52H75N13O11S2. The van der Waals surface area contributed by atoms with Crippen LogP contribution in [-0.4, -0.2) is 152 Å². The number of phenolic OH excluding ortho intramolecular Hbond substituents is 1. The van der Waals surface area contributed by atoms with Gasteiger partial charge in [-0.2, -0.15) is 0 Å². The topological polar surface area (TPSA) is 386 Å². The van der Waals surface area contributed by atoms with Gasteiger partial charge in [0.05, 0.1) is 13.0 Å². The van der Waals surface area contributed by atoms with Crippen molar-refractivity contribution in [3.63, 3.8) is 0 Å². The van der Waals surface area contributed by atoms with Gasteiger partial charge in [-0.15, -0.1) is 0 Å². The largest absolute Gasteiger partial charge is 0.508 e. The van der Waals surface area contributed by atoms with E-state index in [1.165, 1.54) is 50.4 Å². The fourth-order valence-electron chi connectivity index (χ4n) is 9.61. The average Bonchev–Trinajstić information content (AvgIpc) is 3.89. The number of carbonyl (C=O) groups is 10. The Labute approximate surface area is 461 Å². The molecule has 3 fully saturated rings. The monoisotopic (exact) mass is 1120 g/mol. The Morgan fingerprint density at radius 2 is 1.51 bits per heavy atom. The molecule has 1 aliphatic carbocycles. The van der Waals surface area contributed by atoms with Crippen LogP contribution in [0.25, 0.3) is 0 Å². The molecule has 2 heterocycles. The first-order chi connectivity index (χ1) is 37.1. The number of benzene rings is 2. The van der Waals surface area contributed by atoms with Crippen LogP contribution in [0.2, 0.25) is 0 Å². The van der Waals surface area contributed by atoms with Crippen molar-refractivity contribution in [3.8, 4) is 5.75 Å². The standard InChI is InChI=1S/C52H75N13O11S2/c1-30(2)43-48(74)61-36(25-40(53)67)46(72)62-38(50(76)64-23-11-15-39(64)47(73)60-35(14-10-22-57-51(55)56)45(71)58-27-41(54)68)29-77-78-52(20-8-5-9-21-52)26-42(69)59-37(24-32-16-18-34(66)19-17-32)49(75)65(31(3)44(70)63-43)28-33-12-6-4-7-13-33/h4,6-7,12-13,16-19,30-31,35-39,43,66H,5,8-11,14-15,20-29H2,1-3H3,(H2,53,67)(H2,54,68)(H,58,71)(H,59,69)(H,60,73)(H,61,74)(H,62,72)(H,63,70)(H4,55,56,57)/t31-,35-,36-,37-,38+,39-,43-/m0/s1. The highest BCUT2D eigenvalue weighted by molar-refractivity contribution is 8.77. The number of carbonyl (C=O) groups excluding carboxylic acids is 10. The van der Waals surface area contributed by atoms with E-state index in [9.17, 15) is 48.3 Å². The second-order valence-electron chi connectivity index (χ2n) is 20.3. The van der Waals surface area contributed by atoms with Gasteiger partial charge in [0.15, 0.2) is 5.96 Å². The lowest BCUT2D eigenvalue weighted by Gasteiger charge is -2.37. The highest BCUT2D eigenvalue weighted by Crippen LogP contribution is 2.48. The molecule has 0 unspecified atom stereocenters. The SMILES string of the molecule is CC(C)[C@@H]1NC(=O)[C@H](C)N(Cc2ccccc2)C(=O)[C@H](Cc2ccc(O)cc2)NC(=O)CC2(CCCCC2)SSC[C@H](C(=O)N2CCC[C@H]2C(=O)N[C@@H](CCCN=C(N)N)C(=O)NCC(N)=O)NC(=O)[C@H](CC(N)=O)NC1=O. The van der Waals surface area contributed by atoms with Gasteiger partial charge >= 0.3 is 0 Å². The first-order valence-corrected chi connectivity index (χ1v) is 28.5. The van der Waals surface area contributed by atoms with Gasteiger partial charge < -0.3 is 69.7 Å². The summed E-state index contributed by atoms with van der Waals surface area (Å²) in [5.41, 5.74) is 23.1. The van der Waals surface area contributed by atoms with Crippen molar-refractivity contribution in [1.29, 1.82) is 0 Å². The summed E-state index contributed by atoms with van der Waals surface area (Å²) in [6, 6.07) is 5.93. The van der Waals surface area contributed by atoms with Crippen molar-refractivity contribution in [1.82, 2.24) is 41.7 Å². The van der Waals surface area contributed by atoms with Gasteiger partial charge in [-0.05, 0) is 74.6 Å². The minimum atomic E-state index is -1.66. The molecule has 15 N–H and O–H groups in total. The minimum absolute atomic E-state index is 0.00344. The molecule has 0 aromatic heterocycles. The number of likely N-dealkylation sites (tertiary alicyclic amines) is 1. The third kappa shape index (κ3) is 18.5. The van der Waals surface area contributed by atoms with E-state index in [0.29, 0.717) is 30.4 Å². The predicted octanol–water partition coefficient (Wildman–Crippen LogP) is -0.559. The second kappa shape index (κ2) is 29.6. The van der Waals surface area contributed by atoms with Gasteiger partial charge in [0.1, 0.15) is 48.0 Å². The fraction of sp³-hybridized carbons (Fsp3) is 0.558. The van der Waals surface area contributed by atoms with Crippen LogP contribution in [-0.2, 0) is 60.9 Å². The number of primary amides is 2. The number of rotatable bonds is 17. The Hall–Kier alpha value is -7.09. The van der Waals surface area contributed by atoms with E-state index in [1.54, 1.807) is 56.3 Å². The molecule has 2 saturated heterocycles. The van der Waals surface area contributed by atoms with Gasteiger partial charge in [-0.25, -0.2) is 0 Å². The molecule has 1 saturated carbocycles. The average molecular weight is 1120 g/mol. The quantitative estimate of drug-likeness (QED) is 0.0410. The summed E-state index contributed by atoms with van der Waals surface area (Å²) in [6.07, 6.45) is 3.60. The summed E-state index contributed by atoms with van der Waals surface area (Å²) in [7, 11) is 2.57. The number of amides is 10. The lowest BCUT2D eigenvalue weighted by atomic mass is 9.85. The summed E-state index contributed by atoms with van der Waals surface area (Å²) >= 11 is 0. The Kier molecular flexibility index (Phi) is 23.4. The molecule has 2 aromatic carbocycles. The van der Waals surface area contributed by atoms with Crippen LogP contribution >= 0.6 is 21.6 Å². The highest BCUT2D eigenvalue weighted by atomic mass is 33.1. The summed E-state index contributed by atoms with van der Waals surface area (Å²) in [5.74, 6) is -8.51. The molecular weight excluding hydrogens is 1050 g/mol. The Morgan fingerprint density at radius 1 is 0.821 bits per heavy atom. The molecule has 7 atom stereocenters. The van der Waals surface area contributed by atoms with Gasteiger partial charge in [-0.1, -0.05) is 97.2 Å². The maximum atomic E-state index is 15.1. The minimum Gasteiger partial charge on any atom is -0.508 e. The first-order valence-electron chi connectivity index (χ1n) is 26.2. The zero-order chi connectivity index (χ0) is 57.1. The van der Waals surface area contributed by atoms with Gasteiger partial charge in [-0.3, -0.25) is 52.9 Å². The van der Waals surface area contributed by atoms with Crippen molar-refractivity contribution in [2.45, 2.75) is 151 Å². The van der Waals surface area contributed by atoms with Crippen LogP contribution in [0, 0.1) is 5.92 Å².